The van der Waals surface area contributed by atoms with Gasteiger partial charge in [-0.2, -0.15) is 21.0 Å². The Bertz CT molecular complexity index is 4990. The molecule has 0 fully saturated rings. The molecular weight excluding hydrogens is 1010 g/mol. The fourth-order valence-corrected chi connectivity index (χ4v) is 12.2. The average Bonchev–Trinajstić information content (AvgIpc) is 2.81. The molecule has 15 rings (SSSR count). The molecule has 0 N–H and O–H groups in total. The van der Waals surface area contributed by atoms with Gasteiger partial charge in [0.05, 0.1) is 91.0 Å². The minimum atomic E-state index is 0.382. The van der Waals surface area contributed by atoms with E-state index in [1.54, 1.807) is 30.3 Å². The van der Waals surface area contributed by atoms with Crippen LogP contribution >= 0.6 is 0 Å². The highest BCUT2D eigenvalue weighted by Gasteiger charge is 2.21. The van der Waals surface area contributed by atoms with E-state index in [1.807, 2.05) is 72.8 Å². The highest BCUT2D eigenvalue weighted by Crippen LogP contribution is 2.41. The van der Waals surface area contributed by atoms with Crippen LogP contribution in [0.3, 0.4) is 0 Å². The number of fused-ring (bicyclic) bond motifs is 9. The van der Waals surface area contributed by atoms with E-state index in [-0.39, 0.29) is 0 Å². The van der Waals surface area contributed by atoms with Gasteiger partial charge in [0.1, 0.15) is 0 Å². The summed E-state index contributed by atoms with van der Waals surface area (Å²) in [6, 6.07) is 93.2. The molecule has 0 atom stereocenters. The Morgan fingerprint density at radius 3 is 1.14 bits per heavy atom. The van der Waals surface area contributed by atoms with Crippen LogP contribution in [0.1, 0.15) is 22.3 Å². The van der Waals surface area contributed by atoms with Crippen molar-refractivity contribution in [2.45, 2.75) is 0 Å². The third-order valence-corrected chi connectivity index (χ3v) is 16.0. The Kier molecular flexibility index (Phi) is 11.2. The molecule has 83 heavy (non-hydrogen) atoms. The maximum Gasteiger partial charge on any atom is 0.160 e. The quantitative estimate of drug-likeness (QED) is 0.149. The fourth-order valence-electron chi connectivity index (χ4n) is 12.2. The van der Waals surface area contributed by atoms with Crippen LogP contribution in [0.15, 0.2) is 249 Å². The number of benzene rings is 11. The Morgan fingerprint density at radius 1 is 0.265 bits per heavy atom. The molecule has 0 aliphatic carbocycles. The molecule has 0 bridgehead atoms. The van der Waals surface area contributed by atoms with Crippen molar-refractivity contribution >= 4 is 65.4 Å². The van der Waals surface area contributed by atoms with Crippen molar-refractivity contribution in [2.24, 2.45) is 0 Å². The summed E-state index contributed by atoms with van der Waals surface area (Å²) < 4.78 is 7.04. The number of nitriles is 4. The summed E-state index contributed by atoms with van der Waals surface area (Å²) in [6.45, 7) is 0. The second kappa shape index (κ2) is 19.3. The second-order valence-electron chi connectivity index (χ2n) is 20.6. The lowest BCUT2D eigenvalue weighted by atomic mass is 9.90. The minimum Gasteiger partial charge on any atom is -0.309 e. The van der Waals surface area contributed by atoms with Gasteiger partial charge in [-0.05, 0) is 132 Å². The van der Waals surface area contributed by atoms with Gasteiger partial charge in [-0.15, -0.1) is 0 Å². The normalized spacial score (nSPS) is 11.3. The predicted molar refractivity (Wildman–Crippen MR) is 331 cm³/mol. The molecule has 0 amide bonds. The summed E-state index contributed by atoms with van der Waals surface area (Å²) in [5.74, 6) is 0.437. The van der Waals surface area contributed by atoms with E-state index in [0.29, 0.717) is 50.6 Å². The van der Waals surface area contributed by atoms with E-state index in [0.717, 1.165) is 88.8 Å². The molecule has 0 saturated heterocycles. The first-order valence-corrected chi connectivity index (χ1v) is 27.1. The van der Waals surface area contributed by atoms with Gasteiger partial charge in [0.2, 0.25) is 0 Å². The number of hydrogen-bond donors (Lipinski definition) is 0. The van der Waals surface area contributed by atoms with Crippen LogP contribution < -0.4 is 0 Å². The maximum atomic E-state index is 10.8. The third kappa shape index (κ3) is 7.90. The van der Waals surface area contributed by atoms with E-state index in [9.17, 15) is 21.0 Å². The largest absolute Gasteiger partial charge is 0.309 e. The van der Waals surface area contributed by atoms with Gasteiger partial charge in [-0.3, -0.25) is 0 Å². The van der Waals surface area contributed by atoms with Gasteiger partial charge < -0.3 is 13.7 Å². The van der Waals surface area contributed by atoms with E-state index in [2.05, 4.69) is 184 Å². The van der Waals surface area contributed by atoms with Crippen LogP contribution in [-0.2, 0) is 0 Å². The molecular formula is C74H41N9. The van der Waals surface area contributed by atoms with Gasteiger partial charge in [-0.25, -0.2) is 9.97 Å². The number of aromatic nitrogens is 5. The first-order chi connectivity index (χ1) is 40.9. The molecule has 0 aliphatic rings. The number of rotatable bonds is 8. The molecule has 4 aromatic heterocycles. The number of para-hydroxylation sites is 4. The van der Waals surface area contributed by atoms with Gasteiger partial charge in [0, 0.05) is 71.6 Å². The zero-order chi connectivity index (χ0) is 55.7. The molecule has 0 aliphatic heterocycles. The molecule has 9 heteroatoms. The maximum absolute atomic E-state index is 10.8. The van der Waals surface area contributed by atoms with E-state index < -0.39 is 0 Å². The summed E-state index contributed by atoms with van der Waals surface area (Å²) in [4.78, 5) is 9.85. The lowest BCUT2D eigenvalue weighted by molar-refractivity contribution is 1.16. The van der Waals surface area contributed by atoms with Crippen LogP contribution in [0.5, 0.6) is 0 Å². The minimum absolute atomic E-state index is 0.382. The predicted octanol–water partition coefficient (Wildman–Crippen LogP) is 17.6. The van der Waals surface area contributed by atoms with Crippen LogP contribution in [0, 0.1) is 45.3 Å². The molecule has 11 aromatic carbocycles. The van der Waals surface area contributed by atoms with Gasteiger partial charge in [0.15, 0.2) is 5.82 Å². The first-order valence-electron chi connectivity index (χ1n) is 27.1. The van der Waals surface area contributed by atoms with Gasteiger partial charge in [0.25, 0.3) is 0 Å². The number of hydrogen-bond acceptors (Lipinski definition) is 6. The molecule has 0 unspecified atom stereocenters. The first kappa shape index (κ1) is 48.0. The van der Waals surface area contributed by atoms with Crippen LogP contribution in [0.25, 0.3) is 139 Å². The molecule has 0 saturated carbocycles. The second-order valence-corrected chi connectivity index (χ2v) is 20.6. The molecule has 4 heterocycles. The fraction of sp³-hybridized carbons (Fsp3) is 0. The van der Waals surface area contributed by atoms with E-state index >= 15 is 0 Å². The lowest BCUT2D eigenvalue weighted by Gasteiger charge is -2.14. The van der Waals surface area contributed by atoms with Gasteiger partial charge >= 0.3 is 0 Å². The summed E-state index contributed by atoms with van der Waals surface area (Å²) >= 11 is 0. The number of nitrogens with zero attached hydrogens (tertiary/aromatic N) is 9. The lowest BCUT2D eigenvalue weighted by Crippen LogP contribution is -1.97. The summed E-state index contributed by atoms with van der Waals surface area (Å²) in [5.41, 5.74) is 17.8. The van der Waals surface area contributed by atoms with E-state index in [1.165, 1.54) is 21.5 Å². The van der Waals surface area contributed by atoms with Crippen LogP contribution in [-0.4, -0.2) is 23.7 Å². The van der Waals surface area contributed by atoms with Gasteiger partial charge in [-0.1, -0.05) is 133 Å². The Hall–Kier alpha value is -12.1. The van der Waals surface area contributed by atoms with Crippen molar-refractivity contribution in [2.75, 3.05) is 0 Å². The Balaban J connectivity index is 0.819. The monoisotopic (exact) mass is 1060 g/mol. The molecule has 0 spiro atoms. The summed E-state index contributed by atoms with van der Waals surface area (Å²) in [7, 11) is 0. The summed E-state index contributed by atoms with van der Waals surface area (Å²) in [5, 5.41) is 48.0. The van der Waals surface area contributed by atoms with Crippen LogP contribution in [0.4, 0.5) is 0 Å². The third-order valence-electron chi connectivity index (χ3n) is 16.0. The van der Waals surface area contributed by atoms with Crippen molar-refractivity contribution in [1.82, 2.24) is 23.7 Å². The Morgan fingerprint density at radius 2 is 0.663 bits per heavy atom. The molecule has 382 valence electrons. The summed E-state index contributed by atoms with van der Waals surface area (Å²) in [6.07, 6.45) is 0. The SMILES string of the molecule is N#Cc1cccc(-c2cc(-c3ccc(-c4cc(C#N)c(-c5ccc(-n6c7ccc(-n8c9ccccc9c9ccccc98)cc7c7cc(-n8c9ccccc9c9ccccc98)ccc76)cc5)c(C#N)c4)cc3)nc(-c3cccc(C#N)c3)n2)c1. The Labute approximate surface area is 476 Å². The zero-order valence-electron chi connectivity index (χ0n) is 44.2. The van der Waals surface area contributed by atoms with Crippen LogP contribution in [0.2, 0.25) is 0 Å². The van der Waals surface area contributed by atoms with Crippen molar-refractivity contribution in [3.63, 3.8) is 0 Å². The molecule has 9 nitrogen and oxygen atoms in total. The highest BCUT2D eigenvalue weighted by molar-refractivity contribution is 6.14. The molecule has 0 radical (unpaired) electrons. The van der Waals surface area contributed by atoms with Crippen molar-refractivity contribution in [3.05, 3.63) is 271 Å². The topological polar surface area (TPSA) is 136 Å². The highest BCUT2D eigenvalue weighted by atomic mass is 15.0. The van der Waals surface area contributed by atoms with Crippen molar-refractivity contribution < 1.29 is 0 Å². The van der Waals surface area contributed by atoms with Crippen molar-refractivity contribution in [1.29, 1.82) is 21.0 Å². The standard InChI is InChI=1S/C74H41N9/c75-42-46-11-9-13-51(35-46)66-41-65(79-74(80-66)52-14-10-12-47(36-52)43-76)49-25-23-48(24-26-49)53-37-54(44-77)73(55(38-53)45-78)50-27-29-56(30-28-50)81-71-33-31-57(82-67-19-5-1-15-59(67)60-16-2-6-20-68(60)82)39-63(71)64-40-58(32-34-72(64)81)83-69-21-7-3-17-61(69)62-18-4-8-22-70(62)83/h1-41H. The smallest absolute Gasteiger partial charge is 0.160 e. The van der Waals surface area contributed by atoms with E-state index in [4.69, 9.17) is 9.97 Å². The molecule has 15 aromatic rings. The average molecular weight is 1060 g/mol. The zero-order valence-corrected chi connectivity index (χ0v) is 44.2. The van der Waals surface area contributed by atoms with Crippen molar-refractivity contribution in [3.8, 4) is 97.5 Å².